The Balaban J connectivity index is 2.38. The molecule has 1 atom stereocenters. The molecule has 1 N–H and O–H groups in total. The number of hydrogen-bond donors (Lipinski definition) is 1. The zero-order valence-electron chi connectivity index (χ0n) is 10.7. The summed E-state index contributed by atoms with van der Waals surface area (Å²) >= 11 is 1.58. The molecule has 0 saturated heterocycles. The molecule has 0 spiro atoms. The lowest BCUT2D eigenvalue weighted by Gasteiger charge is -2.24. The average Bonchev–Trinajstić information content (AvgIpc) is 2.92. The van der Waals surface area contributed by atoms with E-state index in [0.717, 1.165) is 41.0 Å². The van der Waals surface area contributed by atoms with E-state index in [1.54, 1.807) is 11.3 Å². The van der Waals surface area contributed by atoms with Crippen molar-refractivity contribution in [1.29, 1.82) is 5.26 Å². The van der Waals surface area contributed by atoms with Gasteiger partial charge in [0, 0.05) is 16.1 Å². The summed E-state index contributed by atoms with van der Waals surface area (Å²) in [6, 6.07) is 6.03. The number of pyridine rings is 1. The molecule has 3 rings (SSSR count). The van der Waals surface area contributed by atoms with Gasteiger partial charge in [0.1, 0.15) is 11.6 Å². The highest BCUT2D eigenvalue weighted by Gasteiger charge is 2.25. The van der Waals surface area contributed by atoms with Crippen molar-refractivity contribution in [3.8, 4) is 16.5 Å². The molecule has 2 aromatic heterocycles. The van der Waals surface area contributed by atoms with E-state index in [2.05, 4.69) is 18.0 Å². The van der Waals surface area contributed by atoms with Gasteiger partial charge in [0.05, 0.1) is 0 Å². The van der Waals surface area contributed by atoms with E-state index in [9.17, 15) is 10.1 Å². The summed E-state index contributed by atoms with van der Waals surface area (Å²) in [5.74, 6) is 0.364. The predicted octanol–water partition coefficient (Wildman–Crippen LogP) is 3.41. The number of hydrogen-bond acceptors (Lipinski definition) is 3. The SMILES string of the molecule is CC1CCCc2c1[nH]c(=O)c(C#N)c2-c1cccs1. The Labute approximate surface area is 115 Å². The van der Waals surface area contributed by atoms with E-state index in [0.29, 0.717) is 5.92 Å². The molecular weight excluding hydrogens is 256 g/mol. The largest absolute Gasteiger partial charge is 0.324 e. The van der Waals surface area contributed by atoms with Crippen LogP contribution >= 0.6 is 11.3 Å². The molecule has 3 nitrogen and oxygen atoms in total. The molecule has 1 aliphatic carbocycles. The van der Waals surface area contributed by atoms with Crippen molar-refractivity contribution in [3.05, 3.63) is 44.7 Å². The fourth-order valence-corrected chi connectivity index (χ4v) is 3.67. The number of thiophene rings is 1. The van der Waals surface area contributed by atoms with Crippen LogP contribution in [0.2, 0.25) is 0 Å². The van der Waals surface area contributed by atoms with Crippen LogP contribution in [-0.2, 0) is 6.42 Å². The zero-order chi connectivity index (χ0) is 13.4. The van der Waals surface area contributed by atoms with E-state index < -0.39 is 0 Å². The molecule has 96 valence electrons. The maximum absolute atomic E-state index is 12.1. The average molecular weight is 270 g/mol. The van der Waals surface area contributed by atoms with E-state index in [1.807, 2.05) is 17.5 Å². The molecule has 0 amide bonds. The van der Waals surface area contributed by atoms with Crippen molar-refractivity contribution in [2.45, 2.75) is 32.1 Å². The Morgan fingerprint density at radius 2 is 2.37 bits per heavy atom. The summed E-state index contributed by atoms with van der Waals surface area (Å²) in [5, 5.41) is 11.3. The second-order valence-electron chi connectivity index (χ2n) is 4.98. The van der Waals surface area contributed by atoms with Gasteiger partial charge in [-0.1, -0.05) is 13.0 Å². The third-order valence-corrected chi connectivity index (χ3v) is 4.68. The summed E-state index contributed by atoms with van der Waals surface area (Å²) in [6.45, 7) is 2.14. The van der Waals surface area contributed by atoms with Gasteiger partial charge in [0.25, 0.3) is 5.56 Å². The molecule has 0 aliphatic heterocycles. The van der Waals surface area contributed by atoms with Crippen LogP contribution in [-0.4, -0.2) is 4.98 Å². The number of H-pyrrole nitrogens is 1. The second kappa shape index (κ2) is 4.67. The molecule has 0 saturated carbocycles. The highest BCUT2D eigenvalue weighted by molar-refractivity contribution is 7.13. The summed E-state index contributed by atoms with van der Waals surface area (Å²) in [5.41, 5.74) is 3.06. The Morgan fingerprint density at radius 1 is 1.53 bits per heavy atom. The van der Waals surface area contributed by atoms with E-state index in [4.69, 9.17) is 0 Å². The standard InChI is InChI=1S/C15H14N2OS/c1-9-4-2-5-10-13(12-6-3-7-19-12)11(8-16)15(18)17-14(9)10/h3,6-7,9H,2,4-5H2,1H3,(H,17,18). The van der Waals surface area contributed by atoms with Crippen LogP contribution in [0.15, 0.2) is 22.3 Å². The van der Waals surface area contributed by atoms with Crippen molar-refractivity contribution >= 4 is 11.3 Å². The van der Waals surface area contributed by atoms with Crippen LogP contribution in [0.1, 0.15) is 42.5 Å². The number of aromatic nitrogens is 1. The van der Waals surface area contributed by atoms with Gasteiger partial charge >= 0.3 is 0 Å². The summed E-state index contributed by atoms with van der Waals surface area (Å²) in [7, 11) is 0. The third-order valence-electron chi connectivity index (χ3n) is 3.79. The fourth-order valence-electron chi connectivity index (χ4n) is 2.87. The van der Waals surface area contributed by atoms with Gasteiger partial charge in [0.15, 0.2) is 0 Å². The van der Waals surface area contributed by atoms with Crippen LogP contribution in [0.5, 0.6) is 0 Å². The number of rotatable bonds is 1. The molecule has 0 aromatic carbocycles. The summed E-state index contributed by atoms with van der Waals surface area (Å²) in [4.78, 5) is 16.1. The van der Waals surface area contributed by atoms with Crippen molar-refractivity contribution in [2.24, 2.45) is 0 Å². The van der Waals surface area contributed by atoms with Crippen LogP contribution in [0.3, 0.4) is 0 Å². The minimum atomic E-state index is -0.251. The van der Waals surface area contributed by atoms with E-state index >= 15 is 0 Å². The Morgan fingerprint density at radius 3 is 3.05 bits per heavy atom. The van der Waals surface area contributed by atoms with Gasteiger partial charge in [-0.3, -0.25) is 4.79 Å². The zero-order valence-corrected chi connectivity index (χ0v) is 11.5. The first-order valence-corrected chi connectivity index (χ1v) is 7.33. The van der Waals surface area contributed by atoms with Crippen molar-refractivity contribution in [2.75, 3.05) is 0 Å². The van der Waals surface area contributed by atoms with Crippen molar-refractivity contribution in [3.63, 3.8) is 0 Å². The monoisotopic (exact) mass is 270 g/mol. The molecule has 19 heavy (non-hydrogen) atoms. The lowest BCUT2D eigenvalue weighted by molar-refractivity contribution is 0.572. The first-order valence-electron chi connectivity index (χ1n) is 6.45. The Kier molecular flexibility index (Phi) is 3.00. The third kappa shape index (κ3) is 1.91. The summed E-state index contributed by atoms with van der Waals surface area (Å²) in [6.07, 6.45) is 3.15. The molecule has 1 unspecified atom stereocenters. The maximum Gasteiger partial charge on any atom is 0.266 e. The second-order valence-corrected chi connectivity index (χ2v) is 5.93. The van der Waals surface area contributed by atoms with Crippen LogP contribution < -0.4 is 5.56 Å². The molecule has 0 bridgehead atoms. The molecular formula is C15H14N2OS. The van der Waals surface area contributed by atoms with Gasteiger partial charge in [-0.2, -0.15) is 5.26 Å². The number of nitrogens with zero attached hydrogens (tertiary/aromatic N) is 1. The van der Waals surface area contributed by atoms with Crippen LogP contribution in [0.4, 0.5) is 0 Å². The van der Waals surface area contributed by atoms with Gasteiger partial charge in [-0.25, -0.2) is 0 Å². The van der Waals surface area contributed by atoms with Crippen LogP contribution in [0.25, 0.3) is 10.4 Å². The Bertz CT molecular complexity index is 707. The highest BCUT2D eigenvalue weighted by Crippen LogP contribution is 2.38. The van der Waals surface area contributed by atoms with Crippen LogP contribution in [0, 0.1) is 11.3 Å². The predicted molar refractivity (Wildman–Crippen MR) is 76.4 cm³/mol. The van der Waals surface area contributed by atoms with Crippen molar-refractivity contribution in [1.82, 2.24) is 4.98 Å². The molecule has 2 heterocycles. The van der Waals surface area contributed by atoms with Crippen molar-refractivity contribution < 1.29 is 0 Å². The molecule has 2 aromatic rings. The minimum absolute atomic E-state index is 0.251. The molecule has 1 aliphatic rings. The fraction of sp³-hybridized carbons (Fsp3) is 0.333. The number of aromatic amines is 1. The smallest absolute Gasteiger partial charge is 0.266 e. The van der Waals surface area contributed by atoms with Gasteiger partial charge in [-0.05, 0) is 42.2 Å². The van der Waals surface area contributed by atoms with Gasteiger partial charge < -0.3 is 4.98 Å². The lowest BCUT2D eigenvalue weighted by Crippen LogP contribution is -2.21. The first kappa shape index (κ1) is 12.2. The maximum atomic E-state index is 12.1. The minimum Gasteiger partial charge on any atom is -0.324 e. The van der Waals surface area contributed by atoms with Gasteiger partial charge in [-0.15, -0.1) is 11.3 Å². The number of nitriles is 1. The highest BCUT2D eigenvalue weighted by atomic mass is 32.1. The normalized spacial score (nSPS) is 17.8. The number of nitrogens with one attached hydrogen (secondary N) is 1. The molecule has 4 heteroatoms. The number of fused-ring (bicyclic) bond motifs is 1. The molecule has 0 fully saturated rings. The lowest BCUT2D eigenvalue weighted by atomic mass is 9.84. The topological polar surface area (TPSA) is 56.6 Å². The van der Waals surface area contributed by atoms with Gasteiger partial charge in [0.2, 0.25) is 0 Å². The summed E-state index contributed by atoms with van der Waals surface area (Å²) < 4.78 is 0. The first-order chi connectivity index (χ1) is 9.22. The quantitative estimate of drug-likeness (QED) is 0.863. The molecule has 0 radical (unpaired) electrons. The van der Waals surface area contributed by atoms with E-state index in [-0.39, 0.29) is 11.1 Å². The Hall–Kier alpha value is -1.86. The van der Waals surface area contributed by atoms with E-state index in [1.165, 1.54) is 0 Å².